The Labute approximate surface area is 161 Å². The van der Waals surface area contributed by atoms with E-state index in [9.17, 15) is 4.79 Å². The Morgan fingerprint density at radius 3 is 2.56 bits per heavy atom. The molecule has 0 saturated heterocycles. The van der Waals surface area contributed by atoms with Crippen molar-refractivity contribution in [3.8, 4) is 0 Å². The number of benzene rings is 2. The van der Waals surface area contributed by atoms with E-state index >= 15 is 0 Å². The normalized spacial score (nSPS) is 11.0. The summed E-state index contributed by atoms with van der Waals surface area (Å²) in [5, 5.41) is 7.80. The fourth-order valence-corrected chi connectivity index (χ4v) is 3.87. The second kappa shape index (κ2) is 8.14. The maximum Gasteiger partial charge on any atom is 0.350 e. The summed E-state index contributed by atoms with van der Waals surface area (Å²) < 4.78 is 3.06. The number of hydrogen-bond donors (Lipinski definition) is 1. The Bertz CT molecular complexity index is 1090. The maximum absolute atomic E-state index is 12.3. The van der Waals surface area contributed by atoms with Gasteiger partial charge in [0.05, 0.1) is 6.54 Å². The van der Waals surface area contributed by atoms with E-state index < -0.39 is 0 Å². The van der Waals surface area contributed by atoms with Crippen molar-refractivity contribution in [2.45, 2.75) is 17.2 Å². The van der Waals surface area contributed by atoms with Crippen molar-refractivity contribution in [2.75, 3.05) is 11.9 Å². The predicted octanol–water partition coefficient (Wildman–Crippen LogP) is 3.90. The van der Waals surface area contributed by atoms with E-state index in [1.165, 1.54) is 15.1 Å². The van der Waals surface area contributed by atoms with Crippen molar-refractivity contribution in [3.63, 3.8) is 0 Å². The minimum atomic E-state index is -0.112. The summed E-state index contributed by atoms with van der Waals surface area (Å²) in [6.07, 6.45) is 1.74. The first-order valence-corrected chi connectivity index (χ1v) is 9.84. The summed E-state index contributed by atoms with van der Waals surface area (Å²) in [5.41, 5.74) is 2.93. The third kappa shape index (κ3) is 4.06. The molecule has 0 aliphatic carbocycles. The van der Waals surface area contributed by atoms with Crippen molar-refractivity contribution in [3.05, 3.63) is 95.0 Å². The summed E-state index contributed by atoms with van der Waals surface area (Å²) in [7, 11) is 0. The molecule has 2 heterocycles. The van der Waals surface area contributed by atoms with Gasteiger partial charge < -0.3 is 5.32 Å². The van der Waals surface area contributed by atoms with E-state index in [0.29, 0.717) is 18.7 Å². The molecule has 1 N–H and O–H groups in total. The van der Waals surface area contributed by atoms with Crippen molar-refractivity contribution in [1.29, 1.82) is 0 Å². The highest BCUT2D eigenvalue weighted by Gasteiger charge is 2.06. The van der Waals surface area contributed by atoms with Gasteiger partial charge in [-0.15, -0.1) is 16.9 Å². The molecule has 0 fully saturated rings. The highest BCUT2D eigenvalue weighted by molar-refractivity contribution is 7.98. The quantitative estimate of drug-likeness (QED) is 0.497. The van der Waals surface area contributed by atoms with Crippen molar-refractivity contribution in [1.82, 2.24) is 14.2 Å². The Hall–Kier alpha value is -2.99. The Kier molecular flexibility index (Phi) is 5.25. The van der Waals surface area contributed by atoms with E-state index in [4.69, 9.17) is 0 Å². The summed E-state index contributed by atoms with van der Waals surface area (Å²) in [6.45, 7) is 1.14. The lowest BCUT2D eigenvalue weighted by Crippen LogP contribution is -2.24. The number of anilines is 1. The number of rotatable bonds is 7. The minimum absolute atomic E-state index is 0.112. The van der Waals surface area contributed by atoms with Gasteiger partial charge in [0.25, 0.3) is 0 Å². The van der Waals surface area contributed by atoms with Crippen LogP contribution < -0.4 is 11.0 Å². The van der Waals surface area contributed by atoms with Crippen LogP contribution in [0.4, 0.5) is 5.69 Å². The van der Waals surface area contributed by atoms with Crippen LogP contribution in [0.2, 0.25) is 0 Å². The third-order valence-corrected chi connectivity index (χ3v) is 5.40. The predicted molar refractivity (Wildman–Crippen MR) is 110 cm³/mol. The van der Waals surface area contributed by atoms with Crippen LogP contribution in [0.25, 0.3) is 5.65 Å². The molecule has 0 radical (unpaired) electrons. The first-order chi connectivity index (χ1) is 13.3. The van der Waals surface area contributed by atoms with Gasteiger partial charge in [-0.05, 0) is 29.8 Å². The number of fused-ring (bicyclic) bond motifs is 1. The lowest BCUT2D eigenvalue weighted by molar-refractivity contribution is 0.613. The van der Waals surface area contributed by atoms with Crippen LogP contribution in [0.5, 0.6) is 0 Å². The first kappa shape index (κ1) is 17.4. The van der Waals surface area contributed by atoms with Gasteiger partial charge in [-0.1, -0.05) is 48.5 Å². The molecule has 0 aliphatic rings. The topological polar surface area (TPSA) is 51.3 Å². The summed E-state index contributed by atoms with van der Waals surface area (Å²) >= 11 is 1.80. The molecule has 6 heteroatoms. The van der Waals surface area contributed by atoms with Crippen LogP contribution in [0.1, 0.15) is 5.56 Å². The largest absolute Gasteiger partial charge is 0.382 e. The van der Waals surface area contributed by atoms with Crippen molar-refractivity contribution >= 4 is 23.1 Å². The van der Waals surface area contributed by atoms with Crippen molar-refractivity contribution in [2.24, 2.45) is 0 Å². The maximum atomic E-state index is 12.3. The number of para-hydroxylation sites is 1. The van der Waals surface area contributed by atoms with Gasteiger partial charge in [-0.25, -0.2) is 9.48 Å². The minimum Gasteiger partial charge on any atom is -0.382 e. The molecular weight excluding hydrogens is 356 g/mol. The zero-order chi connectivity index (χ0) is 18.5. The Morgan fingerprint density at radius 2 is 1.70 bits per heavy atom. The van der Waals surface area contributed by atoms with Crippen LogP contribution in [0, 0.1) is 0 Å². The standard InChI is InChI=1S/C21H20N4OS/c26-21-24-14-7-6-12-20(24)23-25(21)15-13-22-18-10-4-5-11-19(18)27-16-17-8-2-1-3-9-17/h1-12,14,22H,13,15-16H2. The van der Waals surface area contributed by atoms with Crippen molar-refractivity contribution < 1.29 is 0 Å². The second-order valence-electron chi connectivity index (χ2n) is 6.13. The molecule has 0 saturated carbocycles. The monoisotopic (exact) mass is 376 g/mol. The van der Waals surface area contributed by atoms with Gasteiger partial charge in [-0.2, -0.15) is 0 Å². The van der Waals surface area contributed by atoms with E-state index in [1.54, 1.807) is 22.4 Å². The summed E-state index contributed by atoms with van der Waals surface area (Å²) in [6, 6.07) is 24.2. The second-order valence-corrected chi connectivity index (χ2v) is 7.15. The molecule has 0 aliphatic heterocycles. The Morgan fingerprint density at radius 1 is 0.926 bits per heavy atom. The smallest absolute Gasteiger partial charge is 0.350 e. The zero-order valence-electron chi connectivity index (χ0n) is 14.8. The number of nitrogens with one attached hydrogen (secondary N) is 1. The fourth-order valence-electron chi connectivity index (χ4n) is 2.88. The van der Waals surface area contributed by atoms with Crippen LogP contribution >= 0.6 is 11.8 Å². The van der Waals surface area contributed by atoms with E-state index in [1.807, 2.05) is 36.4 Å². The molecule has 0 spiro atoms. The lowest BCUT2D eigenvalue weighted by atomic mass is 10.2. The number of thioether (sulfide) groups is 1. The number of nitrogens with zero attached hydrogens (tertiary/aromatic N) is 3. The van der Waals surface area contributed by atoms with Crippen LogP contribution in [0.3, 0.4) is 0 Å². The molecule has 4 rings (SSSR count). The molecule has 4 aromatic rings. The summed E-state index contributed by atoms with van der Waals surface area (Å²) in [4.78, 5) is 13.5. The first-order valence-electron chi connectivity index (χ1n) is 8.85. The molecule has 2 aromatic carbocycles. The molecule has 0 amide bonds. The molecule has 0 atom stereocenters. The average molecular weight is 376 g/mol. The van der Waals surface area contributed by atoms with Gasteiger partial charge >= 0.3 is 5.69 Å². The van der Waals surface area contributed by atoms with Gasteiger partial charge in [0, 0.05) is 29.1 Å². The van der Waals surface area contributed by atoms with Gasteiger partial charge in [0.1, 0.15) is 0 Å². The molecule has 5 nitrogen and oxygen atoms in total. The molecule has 0 bridgehead atoms. The summed E-state index contributed by atoms with van der Waals surface area (Å²) in [5.74, 6) is 0.922. The number of pyridine rings is 1. The lowest BCUT2D eigenvalue weighted by Gasteiger charge is -2.11. The molecule has 136 valence electrons. The van der Waals surface area contributed by atoms with E-state index in [-0.39, 0.29) is 5.69 Å². The van der Waals surface area contributed by atoms with Gasteiger partial charge in [-0.3, -0.25) is 4.40 Å². The molecular formula is C21H20N4OS. The fraction of sp³-hybridized carbons (Fsp3) is 0.143. The van der Waals surface area contributed by atoms with E-state index in [2.05, 4.69) is 46.8 Å². The van der Waals surface area contributed by atoms with Crippen LogP contribution in [0.15, 0.2) is 88.7 Å². The Balaban J connectivity index is 1.41. The van der Waals surface area contributed by atoms with Crippen LogP contribution in [-0.4, -0.2) is 20.7 Å². The SMILES string of the molecule is O=c1n(CCNc2ccccc2SCc2ccccc2)nc2ccccn12. The average Bonchev–Trinajstić information content (AvgIpc) is 3.04. The molecule has 0 unspecified atom stereocenters. The van der Waals surface area contributed by atoms with Gasteiger partial charge in [0.2, 0.25) is 0 Å². The van der Waals surface area contributed by atoms with E-state index in [0.717, 1.165) is 11.4 Å². The number of hydrogen-bond acceptors (Lipinski definition) is 4. The highest BCUT2D eigenvalue weighted by Crippen LogP contribution is 2.29. The molecule has 27 heavy (non-hydrogen) atoms. The third-order valence-electron chi connectivity index (χ3n) is 4.25. The molecule has 2 aromatic heterocycles. The number of aromatic nitrogens is 3. The highest BCUT2D eigenvalue weighted by atomic mass is 32.2. The van der Waals surface area contributed by atoms with Crippen LogP contribution in [-0.2, 0) is 12.3 Å². The van der Waals surface area contributed by atoms with Gasteiger partial charge in [0.15, 0.2) is 5.65 Å². The zero-order valence-corrected chi connectivity index (χ0v) is 15.6.